The van der Waals surface area contributed by atoms with E-state index in [1.807, 2.05) is 0 Å². The predicted molar refractivity (Wildman–Crippen MR) is 54.3 cm³/mol. The van der Waals surface area contributed by atoms with Crippen LogP contribution in [0.2, 0.25) is 0 Å². The van der Waals surface area contributed by atoms with Gasteiger partial charge < -0.3 is 22.9 Å². The van der Waals surface area contributed by atoms with Gasteiger partial charge in [0.25, 0.3) is 0 Å². The first-order valence-electron chi connectivity index (χ1n) is 4.41. The highest BCUT2D eigenvalue weighted by Crippen LogP contribution is 1.90. The molecule has 0 bridgehead atoms. The molecule has 12 heavy (non-hydrogen) atoms. The molecule has 1 aliphatic rings. The van der Waals surface area contributed by atoms with Crippen LogP contribution in [0, 0.1) is 0 Å². The summed E-state index contributed by atoms with van der Waals surface area (Å²) in [6.07, 6.45) is 5.31. The normalized spacial score (nSPS) is 20.0. The van der Waals surface area contributed by atoms with Gasteiger partial charge in [-0.25, -0.2) is 0 Å². The first-order valence-corrected chi connectivity index (χ1v) is 4.41. The largest absolute Gasteiger partial charge is 0.344 e. The summed E-state index contributed by atoms with van der Waals surface area (Å²) in [5, 5.41) is 6.85. The fourth-order valence-corrected chi connectivity index (χ4v) is 1.25. The number of hydrogen-bond acceptors (Lipinski definition) is 4. The summed E-state index contributed by atoms with van der Waals surface area (Å²) in [4.78, 5) is 0. The van der Waals surface area contributed by atoms with Crippen molar-refractivity contribution in [2.75, 3.05) is 26.2 Å². The monoisotopic (exact) mass is 176 g/mol. The van der Waals surface area contributed by atoms with E-state index in [4.69, 9.17) is 0 Å². The summed E-state index contributed by atoms with van der Waals surface area (Å²) < 4.78 is 0. The molecule has 1 aliphatic heterocycles. The maximum atomic E-state index is 3.43. The Kier molecular flexibility index (Phi) is 13.0. The lowest BCUT2D eigenvalue weighted by molar-refractivity contribution is 0.523. The number of rotatable bonds is 0. The summed E-state index contributed by atoms with van der Waals surface area (Å²) >= 11 is 0. The third kappa shape index (κ3) is 7.94. The van der Waals surface area contributed by atoms with Gasteiger partial charge in [0.15, 0.2) is 0 Å². The van der Waals surface area contributed by atoms with Gasteiger partial charge in [0.05, 0.1) is 0 Å². The van der Waals surface area contributed by atoms with Crippen LogP contribution in [0.1, 0.15) is 25.7 Å². The van der Waals surface area contributed by atoms with E-state index in [-0.39, 0.29) is 12.3 Å². The number of nitrogens with one attached hydrogen (secondary N) is 2. The predicted octanol–water partition coefficient (Wildman–Crippen LogP) is 1.06. The standard InChI is InChI=1S/C8H18N2.2H3N/c1-2-6-10-8-4-3-7-9-5-1;;/h9-10H,1-8H2;2*1H3. The van der Waals surface area contributed by atoms with E-state index in [1.54, 1.807) is 0 Å². The highest BCUT2D eigenvalue weighted by molar-refractivity contribution is 4.56. The Morgan fingerprint density at radius 2 is 0.750 bits per heavy atom. The molecule has 1 rings (SSSR count). The van der Waals surface area contributed by atoms with Crippen molar-refractivity contribution < 1.29 is 0 Å². The molecule has 4 nitrogen and oxygen atoms in total. The van der Waals surface area contributed by atoms with Crippen molar-refractivity contribution in [2.24, 2.45) is 0 Å². The average molecular weight is 176 g/mol. The smallest absolute Gasteiger partial charge is 0.00484 e. The molecule has 0 amide bonds. The van der Waals surface area contributed by atoms with Crippen LogP contribution in [0.25, 0.3) is 0 Å². The lowest BCUT2D eigenvalue weighted by atomic mass is 10.2. The van der Waals surface area contributed by atoms with Crippen molar-refractivity contribution in [3.05, 3.63) is 0 Å². The summed E-state index contributed by atoms with van der Waals surface area (Å²) in [5.74, 6) is 0. The Bertz CT molecular complexity index is 44.2. The van der Waals surface area contributed by atoms with E-state index in [2.05, 4.69) is 10.6 Å². The van der Waals surface area contributed by atoms with Crippen LogP contribution in [-0.4, -0.2) is 26.2 Å². The van der Waals surface area contributed by atoms with E-state index in [0.29, 0.717) is 0 Å². The lowest BCUT2D eigenvalue weighted by Gasteiger charge is -2.09. The molecular formula is C8H24N4. The Morgan fingerprint density at radius 1 is 0.500 bits per heavy atom. The SMILES string of the molecule is C1CCNCCCCNC1.N.N. The average Bonchev–Trinajstić information content (AvgIpc) is 2.01. The van der Waals surface area contributed by atoms with E-state index in [1.165, 1.54) is 51.9 Å². The second-order valence-electron chi connectivity index (χ2n) is 2.91. The van der Waals surface area contributed by atoms with Crippen molar-refractivity contribution in [3.63, 3.8) is 0 Å². The molecule has 0 aromatic heterocycles. The molecule has 0 saturated carbocycles. The minimum absolute atomic E-state index is 0. The third-order valence-corrected chi connectivity index (χ3v) is 1.91. The molecule has 1 saturated heterocycles. The lowest BCUT2D eigenvalue weighted by Crippen LogP contribution is -2.24. The van der Waals surface area contributed by atoms with Crippen LogP contribution < -0.4 is 22.9 Å². The topological polar surface area (TPSA) is 94.1 Å². The quantitative estimate of drug-likeness (QED) is 0.444. The fourth-order valence-electron chi connectivity index (χ4n) is 1.25. The van der Waals surface area contributed by atoms with Crippen LogP contribution in [0.5, 0.6) is 0 Å². The molecule has 0 atom stereocenters. The Labute approximate surface area is 75.7 Å². The van der Waals surface area contributed by atoms with Gasteiger partial charge >= 0.3 is 0 Å². The zero-order valence-electron chi connectivity index (χ0n) is 8.07. The summed E-state index contributed by atoms with van der Waals surface area (Å²) in [6.45, 7) is 4.84. The minimum atomic E-state index is 0. The molecule has 4 heteroatoms. The van der Waals surface area contributed by atoms with Gasteiger partial charge in [-0.2, -0.15) is 0 Å². The molecule has 8 N–H and O–H groups in total. The molecule has 0 spiro atoms. The van der Waals surface area contributed by atoms with Gasteiger partial charge in [0.2, 0.25) is 0 Å². The maximum Gasteiger partial charge on any atom is -0.00484 e. The van der Waals surface area contributed by atoms with Gasteiger partial charge in [-0.15, -0.1) is 0 Å². The van der Waals surface area contributed by atoms with Gasteiger partial charge in [-0.3, -0.25) is 0 Å². The van der Waals surface area contributed by atoms with Gasteiger partial charge in [-0.05, 0) is 51.9 Å². The molecule has 0 aromatic rings. The summed E-state index contributed by atoms with van der Waals surface area (Å²) in [5.41, 5.74) is 0. The van der Waals surface area contributed by atoms with E-state index >= 15 is 0 Å². The van der Waals surface area contributed by atoms with Crippen molar-refractivity contribution >= 4 is 0 Å². The zero-order chi connectivity index (χ0) is 7.07. The van der Waals surface area contributed by atoms with Gasteiger partial charge in [0.1, 0.15) is 0 Å². The van der Waals surface area contributed by atoms with Crippen LogP contribution >= 0.6 is 0 Å². The molecule has 76 valence electrons. The Balaban J connectivity index is 0. The summed E-state index contributed by atoms with van der Waals surface area (Å²) in [6, 6.07) is 0. The fraction of sp³-hybridized carbons (Fsp3) is 1.00. The molecule has 1 heterocycles. The maximum absolute atomic E-state index is 3.43. The van der Waals surface area contributed by atoms with Crippen LogP contribution in [-0.2, 0) is 0 Å². The highest BCUT2D eigenvalue weighted by atomic mass is 14.9. The zero-order valence-corrected chi connectivity index (χ0v) is 8.07. The van der Waals surface area contributed by atoms with Crippen molar-refractivity contribution in [3.8, 4) is 0 Å². The van der Waals surface area contributed by atoms with Crippen molar-refractivity contribution in [1.29, 1.82) is 0 Å². The van der Waals surface area contributed by atoms with Crippen molar-refractivity contribution in [2.45, 2.75) is 25.7 Å². The molecule has 0 unspecified atom stereocenters. The second-order valence-corrected chi connectivity index (χ2v) is 2.91. The second kappa shape index (κ2) is 10.8. The molecule has 0 radical (unpaired) electrons. The molecule has 0 aliphatic carbocycles. The van der Waals surface area contributed by atoms with Crippen LogP contribution in [0.3, 0.4) is 0 Å². The Hall–Kier alpha value is -0.160. The van der Waals surface area contributed by atoms with E-state index in [0.717, 1.165) is 0 Å². The first kappa shape index (κ1) is 14.4. The molecule has 1 fully saturated rings. The summed E-state index contributed by atoms with van der Waals surface area (Å²) in [7, 11) is 0. The molecular weight excluding hydrogens is 152 g/mol. The highest BCUT2D eigenvalue weighted by Gasteiger charge is 1.93. The van der Waals surface area contributed by atoms with Crippen LogP contribution in [0.15, 0.2) is 0 Å². The van der Waals surface area contributed by atoms with Crippen molar-refractivity contribution in [1.82, 2.24) is 22.9 Å². The van der Waals surface area contributed by atoms with Gasteiger partial charge in [0, 0.05) is 0 Å². The van der Waals surface area contributed by atoms with Crippen LogP contribution in [0.4, 0.5) is 0 Å². The molecule has 0 aromatic carbocycles. The van der Waals surface area contributed by atoms with Gasteiger partial charge in [-0.1, -0.05) is 0 Å². The Morgan fingerprint density at radius 3 is 1.00 bits per heavy atom. The third-order valence-electron chi connectivity index (χ3n) is 1.91. The first-order chi connectivity index (χ1) is 5.00. The van der Waals surface area contributed by atoms with E-state index < -0.39 is 0 Å². The number of hydrogen-bond donors (Lipinski definition) is 4. The van der Waals surface area contributed by atoms with E-state index in [9.17, 15) is 0 Å². The minimum Gasteiger partial charge on any atom is -0.344 e.